The Labute approximate surface area is 101 Å². The predicted molar refractivity (Wildman–Crippen MR) is 68.0 cm³/mol. The van der Waals surface area contributed by atoms with Gasteiger partial charge in [-0.25, -0.2) is 0 Å². The van der Waals surface area contributed by atoms with E-state index in [1.165, 1.54) is 16.6 Å². The molecule has 0 saturated heterocycles. The molecule has 16 heavy (non-hydrogen) atoms. The molecule has 0 aliphatic rings. The van der Waals surface area contributed by atoms with Gasteiger partial charge in [-0.3, -0.25) is 0 Å². The molecule has 1 aromatic heterocycles. The van der Waals surface area contributed by atoms with E-state index in [-0.39, 0.29) is 0 Å². The Hall–Kier alpha value is -0.990. The molecule has 1 aromatic carbocycles. The topological polar surface area (TPSA) is 14.2 Å². The Morgan fingerprint density at radius 3 is 2.69 bits per heavy atom. The average Bonchev–Trinajstić information content (AvgIpc) is 2.55. The first-order valence-electron chi connectivity index (χ1n) is 5.41. The largest absolute Gasteiger partial charge is 0.378 e. The van der Waals surface area contributed by atoms with Crippen LogP contribution in [0, 0.1) is 0 Å². The van der Waals surface area contributed by atoms with Crippen LogP contribution in [0.2, 0.25) is 5.02 Å². The first kappa shape index (κ1) is 11.5. The second kappa shape index (κ2) is 4.48. The van der Waals surface area contributed by atoms with Crippen molar-refractivity contribution >= 4 is 22.5 Å². The molecule has 3 heteroatoms. The van der Waals surface area contributed by atoms with Gasteiger partial charge in [0.05, 0.1) is 12.1 Å². The number of benzene rings is 1. The summed E-state index contributed by atoms with van der Waals surface area (Å²) in [5.41, 5.74) is 2.37. The maximum Gasteiger partial charge on any atom is 0.0864 e. The molecule has 0 aliphatic carbocycles. The van der Waals surface area contributed by atoms with Crippen LogP contribution in [0.3, 0.4) is 0 Å². The van der Waals surface area contributed by atoms with Crippen molar-refractivity contribution < 1.29 is 4.74 Å². The van der Waals surface area contributed by atoms with Gasteiger partial charge in [0.25, 0.3) is 0 Å². The molecular weight excluding hydrogens is 222 g/mol. The fourth-order valence-electron chi connectivity index (χ4n) is 2.12. The number of rotatable bonds is 3. The lowest BCUT2D eigenvalue weighted by Gasteiger charge is -2.14. The van der Waals surface area contributed by atoms with Gasteiger partial charge in [0.15, 0.2) is 0 Å². The van der Waals surface area contributed by atoms with Crippen molar-refractivity contribution in [1.82, 2.24) is 4.57 Å². The number of halogens is 1. The van der Waals surface area contributed by atoms with Crippen molar-refractivity contribution in [3.05, 3.63) is 35.0 Å². The Balaban J connectivity index is 2.67. The molecule has 0 atom stereocenters. The summed E-state index contributed by atoms with van der Waals surface area (Å²) < 4.78 is 7.49. The third kappa shape index (κ3) is 1.95. The molecule has 0 bridgehead atoms. The van der Waals surface area contributed by atoms with Crippen molar-refractivity contribution in [3.63, 3.8) is 0 Å². The summed E-state index contributed by atoms with van der Waals surface area (Å²) in [5.74, 6) is 0. The highest BCUT2D eigenvalue weighted by molar-refractivity contribution is 6.31. The number of hydrogen-bond donors (Lipinski definition) is 0. The molecule has 0 N–H and O–H groups in total. The van der Waals surface area contributed by atoms with Gasteiger partial charge >= 0.3 is 0 Å². The van der Waals surface area contributed by atoms with E-state index in [0.29, 0.717) is 12.6 Å². The van der Waals surface area contributed by atoms with E-state index >= 15 is 0 Å². The Morgan fingerprint density at radius 1 is 1.31 bits per heavy atom. The maximum atomic E-state index is 6.04. The molecule has 2 aromatic rings. The monoisotopic (exact) mass is 237 g/mol. The SMILES string of the molecule is COCc1cc2ccc(Cl)cc2n1C(C)C. The second-order valence-electron chi connectivity index (χ2n) is 4.24. The Morgan fingerprint density at radius 2 is 2.06 bits per heavy atom. The minimum Gasteiger partial charge on any atom is -0.378 e. The fraction of sp³-hybridized carbons (Fsp3) is 0.385. The van der Waals surface area contributed by atoms with Crippen molar-refractivity contribution in [1.29, 1.82) is 0 Å². The summed E-state index contributed by atoms with van der Waals surface area (Å²) in [4.78, 5) is 0. The summed E-state index contributed by atoms with van der Waals surface area (Å²) in [6.07, 6.45) is 0. The number of nitrogens with zero attached hydrogens (tertiary/aromatic N) is 1. The first-order chi connectivity index (χ1) is 7.63. The minimum absolute atomic E-state index is 0.404. The standard InChI is InChI=1S/C13H16ClNO/c1-9(2)15-12(8-16-3)6-10-4-5-11(14)7-13(10)15/h4-7,9H,8H2,1-3H3. The molecule has 86 valence electrons. The van der Waals surface area contributed by atoms with Gasteiger partial charge in [-0.15, -0.1) is 0 Å². The lowest BCUT2D eigenvalue weighted by Crippen LogP contribution is -2.05. The summed E-state index contributed by atoms with van der Waals surface area (Å²) in [6, 6.07) is 8.55. The van der Waals surface area contributed by atoms with Gasteiger partial charge in [-0.1, -0.05) is 17.7 Å². The van der Waals surface area contributed by atoms with Gasteiger partial charge < -0.3 is 9.30 Å². The van der Waals surface area contributed by atoms with E-state index in [1.54, 1.807) is 7.11 Å². The quantitative estimate of drug-likeness (QED) is 0.787. The van der Waals surface area contributed by atoms with E-state index < -0.39 is 0 Å². The molecule has 2 rings (SSSR count). The van der Waals surface area contributed by atoms with Crippen molar-refractivity contribution in [2.45, 2.75) is 26.5 Å². The van der Waals surface area contributed by atoms with Crippen LogP contribution in [0.5, 0.6) is 0 Å². The molecule has 0 fully saturated rings. The van der Waals surface area contributed by atoms with Crippen LogP contribution in [0.25, 0.3) is 10.9 Å². The summed E-state index contributed by atoms with van der Waals surface area (Å²) >= 11 is 6.04. The third-order valence-corrected chi connectivity index (χ3v) is 2.93. The van der Waals surface area contributed by atoms with Gasteiger partial charge in [-0.05, 0) is 32.0 Å². The van der Waals surface area contributed by atoms with Crippen molar-refractivity contribution in [2.24, 2.45) is 0 Å². The van der Waals surface area contributed by atoms with Crippen LogP contribution >= 0.6 is 11.6 Å². The van der Waals surface area contributed by atoms with Crippen molar-refractivity contribution in [3.8, 4) is 0 Å². The predicted octanol–water partition coefficient (Wildman–Crippen LogP) is 4.02. The first-order valence-corrected chi connectivity index (χ1v) is 5.79. The molecule has 0 amide bonds. The summed E-state index contributed by atoms with van der Waals surface area (Å²) in [5, 5.41) is 1.99. The number of hydrogen-bond acceptors (Lipinski definition) is 1. The van der Waals surface area contributed by atoms with Crippen LogP contribution in [0.4, 0.5) is 0 Å². The third-order valence-electron chi connectivity index (χ3n) is 2.69. The van der Waals surface area contributed by atoms with E-state index in [9.17, 15) is 0 Å². The highest BCUT2D eigenvalue weighted by Crippen LogP contribution is 2.27. The van der Waals surface area contributed by atoms with Crippen LogP contribution in [0.1, 0.15) is 25.6 Å². The number of fused-ring (bicyclic) bond motifs is 1. The highest BCUT2D eigenvalue weighted by atomic mass is 35.5. The molecule has 0 spiro atoms. The summed E-state index contributed by atoms with van der Waals surface area (Å²) in [6.45, 7) is 4.96. The Kier molecular flexibility index (Phi) is 3.22. The van der Waals surface area contributed by atoms with E-state index in [1.807, 2.05) is 12.1 Å². The van der Waals surface area contributed by atoms with E-state index in [0.717, 1.165) is 5.02 Å². The molecule has 0 saturated carbocycles. The second-order valence-corrected chi connectivity index (χ2v) is 4.67. The van der Waals surface area contributed by atoms with Gasteiger partial charge in [0.2, 0.25) is 0 Å². The van der Waals surface area contributed by atoms with Crippen LogP contribution in [-0.2, 0) is 11.3 Å². The molecule has 1 heterocycles. The highest BCUT2D eigenvalue weighted by Gasteiger charge is 2.11. The number of methoxy groups -OCH3 is 1. The van der Waals surface area contributed by atoms with Gasteiger partial charge in [-0.2, -0.15) is 0 Å². The molecular formula is C13H16ClNO. The molecule has 2 nitrogen and oxygen atoms in total. The lowest BCUT2D eigenvalue weighted by molar-refractivity contribution is 0.177. The zero-order valence-electron chi connectivity index (χ0n) is 9.83. The smallest absolute Gasteiger partial charge is 0.0864 e. The fourth-order valence-corrected chi connectivity index (χ4v) is 2.29. The van der Waals surface area contributed by atoms with Crippen molar-refractivity contribution in [2.75, 3.05) is 7.11 Å². The zero-order valence-corrected chi connectivity index (χ0v) is 10.6. The van der Waals surface area contributed by atoms with Gasteiger partial charge in [0, 0.05) is 29.3 Å². The van der Waals surface area contributed by atoms with Crippen LogP contribution in [0.15, 0.2) is 24.3 Å². The van der Waals surface area contributed by atoms with E-state index in [4.69, 9.17) is 16.3 Å². The van der Waals surface area contributed by atoms with Gasteiger partial charge in [0.1, 0.15) is 0 Å². The van der Waals surface area contributed by atoms with Crippen LogP contribution in [-0.4, -0.2) is 11.7 Å². The maximum absolute atomic E-state index is 6.04. The van der Waals surface area contributed by atoms with E-state index in [2.05, 4.69) is 30.5 Å². The Bertz CT molecular complexity index is 502. The minimum atomic E-state index is 0.404. The molecule has 0 aliphatic heterocycles. The molecule has 0 unspecified atom stereocenters. The lowest BCUT2D eigenvalue weighted by atomic mass is 10.2. The number of ether oxygens (including phenoxy) is 1. The number of aromatic nitrogens is 1. The normalized spacial score (nSPS) is 11.6. The molecule has 0 radical (unpaired) electrons. The summed E-state index contributed by atoms with van der Waals surface area (Å²) in [7, 11) is 1.72. The van der Waals surface area contributed by atoms with Crippen LogP contribution < -0.4 is 0 Å². The zero-order chi connectivity index (χ0) is 11.7. The average molecular weight is 238 g/mol.